The summed E-state index contributed by atoms with van der Waals surface area (Å²) in [5.41, 5.74) is 1.02. The monoisotopic (exact) mass is 396 g/mol. The van der Waals surface area contributed by atoms with Crippen molar-refractivity contribution < 1.29 is 14.3 Å². The predicted molar refractivity (Wildman–Crippen MR) is 111 cm³/mol. The van der Waals surface area contributed by atoms with Crippen LogP contribution < -0.4 is 19.7 Å². The van der Waals surface area contributed by atoms with Crippen LogP contribution in [0.1, 0.15) is 24.4 Å². The van der Waals surface area contributed by atoms with Crippen molar-refractivity contribution in [2.45, 2.75) is 18.9 Å². The van der Waals surface area contributed by atoms with E-state index in [0.29, 0.717) is 13.0 Å². The molecule has 0 bridgehead atoms. The Kier molecular flexibility index (Phi) is 6.14. The van der Waals surface area contributed by atoms with Crippen molar-refractivity contribution in [3.05, 3.63) is 48.2 Å². The topological polar surface area (TPSA) is 66.9 Å². The van der Waals surface area contributed by atoms with Crippen molar-refractivity contribution >= 4 is 11.7 Å². The van der Waals surface area contributed by atoms with Crippen LogP contribution in [-0.4, -0.2) is 62.2 Å². The SMILES string of the molecule is COc1ccc2c(c1)OCCC2NC(=O)CCN1CCN(c2ccccn2)CC1. The second-order valence-electron chi connectivity index (χ2n) is 7.43. The van der Waals surface area contributed by atoms with Crippen LogP contribution >= 0.6 is 0 Å². The maximum atomic E-state index is 12.5. The standard InChI is InChI=1S/C22H28N4O3/c1-28-17-5-6-18-19(8-15-29-20(18)16-17)24-22(27)7-10-25-11-13-26(14-12-25)21-4-2-3-9-23-21/h2-6,9,16,19H,7-8,10-15H2,1H3,(H,24,27). The van der Waals surface area contributed by atoms with Gasteiger partial charge in [0.05, 0.1) is 19.8 Å². The lowest BCUT2D eigenvalue weighted by atomic mass is 10.00. The van der Waals surface area contributed by atoms with E-state index in [0.717, 1.165) is 62.0 Å². The van der Waals surface area contributed by atoms with Gasteiger partial charge in [0.25, 0.3) is 0 Å². The smallest absolute Gasteiger partial charge is 0.221 e. The molecule has 2 aromatic rings. The van der Waals surface area contributed by atoms with Gasteiger partial charge in [-0.2, -0.15) is 0 Å². The van der Waals surface area contributed by atoms with Gasteiger partial charge in [-0.3, -0.25) is 9.69 Å². The molecule has 1 amide bonds. The van der Waals surface area contributed by atoms with Gasteiger partial charge in [-0.1, -0.05) is 6.07 Å². The van der Waals surface area contributed by atoms with Crippen LogP contribution in [0.15, 0.2) is 42.6 Å². The van der Waals surface area contributed by atoms with Gasteiger partial charge in [0, 0.05) is 63.4 Å². The number of carbonyl (C=O) groups is 1. The molecule has 0 saturated carbocycles. The van der Waals surface area contributed by atoms with Gasteiger partial charge in [0.1, 0.15) is 17.3 Å². The molecule has 3 heterocycles. The molecule has 154 valence electrons. The molecule has 1 aromatic heterocycles. The maximum Gasteiger partial charge on any atom is 0.221 e. The number of nitrogens with zero attached hydrogens (tertiary/aromatic N) is 3. The van der Waals surface area contributed by atoms with E-state index in [1.165, 1.54) is 0 Å². The maximum absolute atomic E-state index is 12.5. The molecule has 7 nitrogen and oxygen atoms in total. The molecule has 1 fully saturated rings. The van der Waals surface area contributed by atoms with E-state index in [1.807, 2.05) is 42.6 Å². The van der Waals surface area contributed by atoms with E-state index >= 15 is 0 Å². The summed E-state index contributed by atoms with van der Waals surface area (Å²) in [6.45, 7) is 5.15. The highest BCUT2D eigenvalue weighted by Crippen LogP contribution is 2.34. The molecule has 2 aliphatic rings. The number of piperazine rings is 1. The van der Waals surface area contributed by atoms with Crippen molar-refractivity contribution in [3.63, 3.8) is 0 Å². The number of nitrogens with one attached hydrogen (secondary N) is 1. The highest BCUT2D eigenvalue weighted by Gasteiger charge is 2.24. The van der Waals surface area contributed by atoms with E-state index in [1.54, 1.807) is 7.11 Å². The van der Waals surface area contributed by atoms with E-state index in [2.05, 4.69) is 20.1 Å². The van der Waals surface area contributed by atoms with Gasteiger partial charge in [0.2, 0.25) is 5.91 Å². The van der Waals surface area contributed by atoms with Crippen molar-refractivity contribution in [1.82, 2.24) is 15.2 Å². The van der Waals surface area contributed by atoms with E-state index in [4.69, 9.17) is 9.47 Å². The Labute approximate surface area is 171 Å². The lowest BCUT2D eigenvalue weighted by Crippen LogP contribution is -2.47. The molecule has 1 aromatic carbocycles. The van der Waals surface area contributed by atoms with Gasteiger partial charge in [0.15, 0.2) is 0 Å². The fourth-order valence-electron chi connectivity index (χ4n) is 3.91. The molecular weight excluding hydrogens is 368 g/mol. The Morgan fingerprint density at radius 3 is 2.86 bits per heavy atom. The zero-order valence-electron chi connectivity index (χ0n) is 16.8. The molecule has 4 rings (SSSR count). The van der Waals surface area contributed by atoms with Crippen molar-refractivity contribution in [2.24, 2.45) is 0 Å². The Balaban J connectivity index is 1.24. The number of hydrogen-bond acceptors (Lipinski definition) is 6. The van der Waals surface area contributed by atoms with Crippen LogP contribution in [0.5, 0.6) is 11.5 Å². The van der Waals surface area contributed by atoms with Gasteiger partial charge < -0.3 is 19.7 Å². The molecular formula is C22H28N4O3. The van der Waals surface area contributed by atoms with E-state index in [-0.39, 0.29) is 11.9 Å². The molecule has 1 unspecified atom stereocenters. The lowest BCUT2D eigenvalue weighted by Gasteiger charge is -2.35. The zero-order chi connectivity index (χ0) is 20.1. The summed E-state index contributed by atoms with van der Waals surface area (Å²) in [6.07, 6.45) is 3.12. The van der Waals surface area contributed by atoms with E-state index in [9.17, 15) is 4.79 Å². The number of fused-ring (bicyclic) bond motifs is 1. The molecule has 0 aliphatic carbocycles. The number of anilines is 1. The number of rotatable bonds is 6. The first-order valence-electron chi connectivity index (χ1n) is 10.2. The number of ether oxygens (including phenoxy) is 2. The first-order valence-corrected chi connectivity index (χ1v) is 10.2. The van der Waals surface area contributed by atoms with Crippen molar-refractivity contribution in [3.8, 4) is 11.5 Å². The number of carbonyl (C=O) groups excluding carboxylic acids is 1. The first-order chi connectivity index (χ1) is 14.2. The Hall–Kier alpha value is -2.80. The summed E-state index contributed by atoms with van der Waals surface area (Å²) >= 11 is 0. The fourth-order valence-corrected chi connectivity index (χ4v) is 3.91. The predicted octanol–water partition coefficient (Wildman–Crippen LogP) is 2.24. The largest absolute Gasteiger partial charge is 0.497 e. The third-order valence-corrected chi connectivity index (χ3v) is 5.60. The lowest BCUT2D eigenvalue weighted by molar-refractivity contribution is -0.122. The summed E-state index contributed by atoms with van der Waals surface area (Å²) in [5, 5.41) is 3.18. The van der Waals surface area contributed by atoms with Crippen LogP contribution in [0.4, 0.5) is 5.82 Å². The Morgan fingerprint density at radius 2 is 2.10 bits per heavy atom. The Bertz CT molecular complexity index is 822. The average molecular weight is 396 g/mol. The van der Waals surface area contributed by atoms with Gasteiger partial charge in [-0.25, -0.2) is 4.98 Å². The summed E-state index contributed by atoms with van der Waals surface area (Å²) in [5.74, 6) is 2.68. The number of benzene rings is 1. The zero-order valence-corrected chi connectivity index (χ0v) is 16.8. The molecule has 1 atom stereocenters. The molecule has 1 N–H and O–H groups in total. The van der Waals surface area contributed by atoms with Crippen LogP contribution in [0.25, 0.3) is 0 Å². The second-order valence-corrected chi connectivity index (χ2v) is 7.43. The average Bonchev–Trinajstić information content (AvgIpc) is 2.78. The molecule has 0 radical (unpaired) electrons. The highest BCUT2D eigenvalue weighted by atomic mass is 16.5. The second kappa shape index (κ2) is 9.13. The van der Waals surface area contributed by atoms with Crippen LogP contribution in [-0.2, 0) is 4.79 Å². The van der Waals surface area contributed by atoms with Gasteiger partial charge in [-0.05, 0) is 24.3 Å². The first kappa shape index (κ1) is 19.5. The molecule has 7 heteroatoms. The summed E-state index contributed by atoms with van der Waals surface area (Å²) in [7, 11) is 1.64. The minimum Gasteiger partial charge on any atom is -0.497 e. The molecule has 0 spiro atoms. The number of pyridine rings is 1. The number of aromatic nitrogens is 1. The summed E-state index contributed by atoms with van der Waals surface area (Å²) < 4.78 is 11.0. The van der Waals surface area contributed by atoms with E-state index < -0.39 is 0 Å². The van der Waals surface area contributed by atoms with Gasteiger partial charge in [-0.15, -0.1) is 0 Å². The fraction of sp³-hybridized carbons (Fsp3) is 0.455. The normalized spacial score (nSPS) is 19.2. The third-order valence-electron chi connectivity index (χ3n) is 5.60. The van der Waals surface area contributed by atoms with Gasteiger partial charge >= 0.3 is 0 Å². The Morgan fingerprint density at radius 1 is 1.24 bits per heavy atom. The van der Waals surface area contributed by atoms with Crippen molar-refractivity contribution in [1.29, 1.82) is 0 Å². The number of amides is 1. The number of hydrogen-bond donors (Lipinski definition) is 1. The summed E-state index contributed by atoms with van der Waals surface area (Å²) in [4.78, 5) is 21.6. The van der Waals surface area contributed by atoms with Crippen LogP contribution in [0, 0.1) is 0 Å². The molecule has 29 heavy (non-hydrogen) atoms. The minimum absolute atomic E-state index is 0.00171. The molecule has 2 aliphatic heterocycles. The quantitative estimate of drug-likeness (QED) is 0.808. The third kappa shape index (κ3) is 4.79. The minimum atomic E-state index is -0.00171. The van der Waals surface area contributed by atoms with Crippen LogP contribution in [0.2, 0.25) is 0 Å². The molecule has 1 saturated heterocycles. The highest BCUT2D eigenvalue weighted by molar-refractivity contribution is 5.76. The number of methoxy groups -OCH3 is 1. The summed E-state index contributed by atoms with van der Waals surface area (Å²) in [6, 6.07) is 11.8. The van der Waals surface area contributed by atoms with Crippen molar-refractivity contribution in [2.75, 3.05) is 51.3 Å². The van der Waals surface area contributed by atoms with Crippen LogP contribution in [0.3, 0.4) is 0 Å².